The summed E-state index contributed by atoms with van der Waals surface area (Å²) >= 11 is 1.53. The first-order valence-electron chi connectivity index (χ1n) is 8.55. The lowest BCUT2D eigenvalue weighted by atomic mass is 10.0. The van der Waals surface area contributed by atoms with Crippen molar-refractivity contribution in [1.82, 2.24) is 9.97 Å². The van der Waals surface area contributed by atoms with Gasteiger partial charge in [-0.2, -0.15) is 0 Å². The van der Waals surface area contributed by atoms with Crippen LogP contribution >= 0.6 is 11.3 Å². The number of carboxylic acid groups (broad SMARTS) is 1. The van der Waals surface area contributed by atoms with Crippen LogP contribution in [-0.2, 0) is 4.79 Å². The number of carboxylic acids is 1. The van der Waals surface area contributed by atoms with E-state index < -0.39 is 18.6 Å². The molecule has 0 saturated carbocycles. The fourth-order valence-electron chi connectivity index (χ4n) is 2.91. The van der Waals surface area contributed by atoms with Gasteiger partial charge in [0.05, 0.1) is 18.6 Å². The van der Waals surface area contributed by atoms with Gasteiger partial charge in [0.15, 0.2) is 0 Å². The van der Waals surface area contributed by atoms with E-state index in [1.165, 1.54) is 11.3 Å². The number of thiophene rings is 1. The van der Waals surface area contributed by atoms with Crippen LogP contribution in [0.25, 0.3) is 21.3 Å². The molecule has 7 nitrogen and oxygen atoms in total. The molecule has 27 heavy (non-hydrogen) atoms. The lowest BCUT2D eigenvalue weighted by molar-refractivity contribution is -0.138. The molecule has 0 radical (unpaired) electrons. The number of carbonyl (C=O) groups is 1. The molecule has 2 heterocycles. The lowest BCUT2D eigenvalue weighted by Crippen LogP contribution is -2.33. The summed E-state index contributed by atoms with van der Waals surface area (Å²) in [5.74, 6) is 0.588. The Kier molecular flexibility index (Phi) is 5.57. The summed E-state index contributed by atoms with van der Waals surface area (Å²) in [7, 11) is 0. The summed E-state index contributed by atoms with van der Waals surface area (Å²) in [6, 6.07) is 6.58. The van der Waals surface area contributed by atoms with E-state index in [4.69, 9.17) is 4.74 Å². The van der Waals surface area contributed by atoms with E-state index in [1.54, 1.807) is 6.92 Å². The quantitative estimate of drug-likeness (QED) is 0.572. The molecule has 0 amide bonds. The maximum atomic E-state index is 11.3. The predicted molar refractivity (Wildman–Crippen MR) is 106 cm³/mol. The molecule has 1 aromatic carbocycles. The van der Waals surface area contributed by atoms with Gasteiger partial charge in [0.1, 0.15) is 28.3 Å². The number of nitrogens with one attached hydrogen (secondary N) is 1. The number of nitrogens with zero attached hydrogens (tertiary/aromatic N) is 2. The maximum absolute atomic E-state index is 11.3. The Morgan fingerprint density at radius 2 is 1.96 bits per heavy atom. The van der Waals surface area contributed by atoms with Crippen LogP contribution in [-0.4, -0.2) is 45.4 Å². The van der Waals surface area contributed by atoms with Gasteiger partial charge in [-0.25, -0.2) is 14.8 Å². The number of benzene rings is 1. The van der Waals surface area contributed by atoms with Crippen molar-refractivity contribution in [2.45, 2.75) is 26.8 Å². The molecule has 0 saturated heterocycles. The van der Waals surface area contributed by atoms with Gasteiger partial charge in [-0.1, -0.05) is 12.1 Å². The van der Waals surface area contributed by atoms with Crippen LogP contribution in [0.2, 0.25) is 0 Å². The van der Waals surface area contributed by atoms with Crippen LogP contribution < -0.4 is 10.1 Å². The Balaban J connectivity index is 2.15. The smallest absolute Gasteiger partial charge is 0.328 e. The molecular weight excluding hydrogens is 366 g/mol. The van der Waals surface area contributed by atoms with Gasteiger partial charge >= 0.3 is 5.97 Å². The molecule has 142 valence electrons. The average molecular weight is 387 g/mol. The van der Waals surface area contributed by atoms with Crippen molar-refractivity contribution in [3.63, 3.8) is 0 Å². The van der Waals surface area contributed by atoms with E-state index in [0.717, 1.165) is 32.0 Å². The zero-order chi connectivity index (χ0) is 19.6. The highest BCUT2D eigenvalue weighted by Crippen LogP contribution is 2.41. The normalized spacial score (nSPS) is 12.1. The number of hydrogen-bond acceptors (Lipinski definition) is 7. The van der Waals surface area contributed by atoms with Crippen LogP contribution in [0, 0.1) is 13.8 Å². The third-order valence-electron chi connectivity index (χ3n) is 4.09. The summed E-state index contributed by atoms with van der Waals surface area (Å²) in [6.07, 6.45) is 0. The Bertz CT molecular complexity index is 969. The van der Waals surface area contributed by atoms with Crippen molar-refractivity contribution in [3.05, 3.63) is 35.0 Å². The molecule has 1 unspecified atom stereocenters. The Labute approximate surface area is 160 Å². The third kappa shape index (κ3) is 3.86. The van der Waals surface area contributed by atoms with Gasteiger partial charge in [-0.15, -0.1) is 11.3 Å². The summed E-state index contributed by atoms with van der Waals surface area (Å²) in [4.78, 5) is 22.1. The van der Waals surface area contributed by atoms with Gasteiger partial charge in [0, 0.05) is 10.4 Å². The average Bonchev–Trinajstić information content (AvgIpc) is 2.95. The van der Waals surface area contributed by atoms with E-state index in [0.29, 0.717) is 18.2 Å². The molecule has 1 atom stereocenters. The first-order chi connectivity index (χ1) is 12.9. The molecule has 0 fully saturated rings. The van der Waals surface area contributed by atoms with E-state index in [1.807, 2.05) is 38.1 Å². The second-order valence-corrected chi connectivity index (χ2v) is 7.21. The second kappa shape index (κ2) is 7.89. The highest BCUT2D eigenvalue weighted by molar-refractivity contribution is 7.19. The molecule has 3 N–H and O–H groups in total. The maximum Gasteiger partial charge on any atom is 0.328 e. The second-order valence-electron chi connectivity index (χ2n) is 6.01. The summed E-state index contributed by atoms with van der Waals surface area (Å²) in [5.41, 5.74) is 1.91. The van der Waals surface area contributed by atoms with E-state index in [2.05, 4.69) is 15.3 Å². The minimum absolute atomic E-state index is 0.409. The predicted octanol–water partition coefficient (Wildman–Crippen LogP) is 3.23. The summed E-state index contributed by atoms with van der Waals surface area (Å²) in [5, 5.41) is 22.2. The number of hydrogen-bond donors (Lipinski definition) is 3. The van der Waals surface area contributed by atoms with Crippen LogP contribution in [0.4, 0.5) is 5.82 Å². The number of fused-ring (bicyclic) bond motifs is 1. The van der Waals surface area contributed by atoms with Gasteiger partial charge in [0.2, 0.25) is 0 Å². The van der Waals surface area contributed by atoms with Gasteiger partial charge in [-0.05, 0) is 38.5 Å². The Morgan fingerprint density at radius 1 is 1.26 bits per heavy atom. The monoisotopic (exact) mass is 387 g/mol. The molecule has 2 aromatic heterocycles. The van der Waals surface area contributed by atoms with Crippen molar-refractivity contribution >= 4 is 33.3 Å². The highest BCUT2D eigenvalue weighted by atomic mass is 32.1. The van der Waals surface area contributed by atoms with Crippen molar-refractivity contribution in [1.29, 1.82) is 0 Å². The number of aliphatic hydroxyl groups is 1. The summed E-state index contributed by atoms with van der Waals surface area (Å²) < 4.78 is 5.50. The number of aliphatic hydroxyl groups excluding tert-OH is 1. The molecule has 0 aliphatic carbocycles. The van der Waals surface area contributed by atoms with Gasteiger partial charge < -0.3 is 20.3 Å². The molecule has 0 aliphatic heterocycles. The fraction of sp³-hybridized carbons (Fsp3) is 0.316. The van der Waals surface area contributed by atoms with E-state index >= 15 is 0 Å². The molecular formula is C19H21N3O4S. The Hall–Kier alpha value is -2.71. The first kappa shape index (κ1) is 19.1. The molecule has 0 aliphatic rings. The molecule has 0 spiro atoms. The number of ether oxygens (including phenoxy) is 1. The summed E-state index contributed by atoms with van der Waals surface area (Å²) in [6.45, 7) is 5.74. The van der Waals surface area contributed by atoms with Crippen molar-refractivity contribution in [2.75, 3.05) is 18.5 Å². The minimum Gasteiger partial charge on any atom is -0.494 e. The van der Waals surface area contributed by atoms with Crippen LogP contribution in [0.1, 0.15) is 17.6 Å². The van der Waals surface area contributed by atoms with Crippen LogP contribution in [0.3, 0.4) is 0 Å². The van der Waals surface area contributed by atoms with E-state index in [-0.39, 0.29) is 0 Å². The molecule has 3 rings (SSSR count). The van der Waals surface area contributed by atoms with Crippen LogP contribution in [0.5, 0.6) is 5.75 Å². The standard InChI is InChI=1S/C19H21N3O4S/c1-4-26-13-7-5-12(6-8-13)15-10(2)27-18-16(15)17(20-11(3)21-18)22-14(9-23)19(24)25/h5-8,14,23H,4,9H2,1-3H3,(H,24,25)(H,20,21,22). The SMILES string of the molecule is CCOc1ccc(-c2c(C)sc3nc(C)nc(NC(CO)C(=O)O)c23)cc1. The van der Waals surface area contributed by atoms with Gasteiger partial charge in [-0.3, -0.25) is 0 Å². The fourth-order valence-corrected chi connectivity index (χ4v) is 4.00. The van der Waals surface area contributed by atoms with E-state index in [9.17, 15) is 15.0 Å². The number of rotatable bonds is 7. The highest BCUT2D eigenvalue weighted by Gasteiger charge is 2.22. The largest absolute Gasteiger partial charge is 0.494 e. The first-order valence-corrected chi connectivity index (χ1v) is 9.37. The Morgan fingerprint density at radius 3 is 2.56 bits per heavy atom. The zero-order valence-electron chi connectivity index (χ0n) is 15.3. The topological polar surface area (TPSA) is 105 Å². The zero-order valence-corrected chi connectivity index (χ0v) is 16.1. The third-order valence-corrected chi connectivity index (χ3v) is 5.08. The lowest BCUT2D eigenvalue weighted by Gasteiger charge is -2.14. The molecule has 0 bridgehead atoms. The van der Waals surface area contributed by atoms with Crippen molar-refractivity contribution < 1.29 is 19.7 Å². The number of anilines is 1. The van der Waals surface area contributed by atoms with Gasteiger partial charge in [0.25, 0.3) is 0 Å². The number of aryl methyl sites for hydroxylation is 2. The van der Waals surface area contributed by atoms with Crippen LogP contribution in [0.15, 0.2) is 24.3 Å². The van der Waals surface area contributed by atoms with Crippen molar-refractivity contribution in [3.8, 4) is 16.9 Å². The van der Waals surface area contributed by atoms with Crippen molar-refractivity contribution in [2.24, 2.45) is 0 Å². The molecule has 3 aromatic rings. The molecule has 8 heteroatoms. The minimum atomic E-state index is -1.14. The number of aromatic nitrogens is 2. The number of aliphatic carboxylic acids is 1.